The number of hydrogen-bond acceptors (Lipinski definition) is 2. The van der Waals surface area contributed by atoms with Crippen LogP contribution in [0, 0.1) is 11.3 Å². The van der Waals surface area contributed by atoms with Gasteiger partial charge < -0.3 is 5.11 Å². The van der Waals surface area contributed by atoms with Crippen molar-refractivity contribution in [1.29, 1.82) is 5.26 Å². The second-order valence-corrected chi connectivity index (χ2v) is 1.39. The highest BCUT2D eigenvalue weighted by Crippen LogP contribution is 2.02. The molecule has 1 N–H and O–H groups in total. The average Bonchev–Trinajstić information content (AvgIpc) is 1.65. The summed E-state index contributed by atoms with van der Waals surface area (Å²) >= 11 is 5.07. The molecule has 0 saturated heterocycles. The predicted octanol–water partition coefficient (Wildman–Crippen LogP) is 1.54. The highest BCUT2D eigenvalue weighted by atomic mass is 35.5. The maximum absolute atomic E-state index is 8.35. The smallest absolute Gasteiger partial charge is 0.155 e. The van der Waals surface area contributed by atoms with Crippen molar-refractivity contribution in [2.75, 3.05) is 0 Å². The molecule has 0 aromatic carbocycles. The lowest BCUT2D eigenvalue weighted by Crippen LogP contribution is -1.71. The van der Waals surface area contributed by atoms with Crippen LogP contribution in [0.15, 0.2) is 10.8 Å². The van der Waals surface area contributed by atoms with Crippen molar-refractivity contribution in [3.8, 4) is 6.07 Å². The van der Waals surface area contributed by atoms with Gasteiger partial charge in [-0.1, -0.05) is 11.6 Å². The van der Waals surface area contributed by atoms with Crippen molar-refractivity contribution in [3.63, 3.8) is 0 Å². The Labute approximate surface area is 46.6 Å². The fraction of sp³-hybridized carbons (Fsp3) is 0.250. The van der Waals surface area contributed by atoms with Crippen LogP contribution in [0.25, 0.3) is 0 Å². The molecule has 0 atom stereocenters. The molecule has 0 rings (SSSR count). The third kappa shape index (κ3) is 2.07. The van der Waals surface area contributed by atoms with E-state index in [1.165, 1.54) is 6.92 Å². The van der Waals surface area contributed by atoms with Crippen molar-refractivity contribution in [2.45, 2.75) is 6.92 Å². The zero-order valence-corrected chi connectivity index (χ0v) is 4.53. The second kappa shape index (κ2) is 2.49. The Kier molecular flexibility index (Phi) is 2.24. The lowest BCUT2D eigenvalue weighted by Gasteiger charge is -1.81. The second-order valence-electron chi connectivity index (χ2n) is 1.01. The number of hydrogen-bond donors (Lipinski definition) is 1. The lowest BCUT2D eigenvalue weighted by atomic mass is 10.5. The molecule has 0 amide bonds. The molecule has 0 unspecified atom stereocenters. The average molecular weight is 118 g/mol. The van der Waals surface area contributed by atoms with Gasteiger partial charge in [-0.2, -0.15) is 5.26 Å². The monoisotopic (exact) mass is 117 g/mol. The summed E-state index contributed by atoms with van der Waals surface area (Å²) in [4.78, 5) is 0. The SMILES string of the molecule is C/C(O)=C(\Cl)C#N. The summed E-state index contributed by atoms with van der Waals surface area (Å²) in [5, 5.41) is 16.1. The third-order valence-corrected chi connectivity index (χ3v) is 0.774. The minimum atomic E-state index is -0.153. The lowest BCUT2D eigenvalue weighted by molar-refractivity contribution is 0.413. The number of nitriles is 1. The van der Waals surface area contributed by atoms with Crippen LogP contribution in [0.2, 0.25) is 0 Å². The van der Waals surface area contributed by atoms with Crippen LogP contribution in [-0.4, -0.2) is 5.11 Å². The van der Waals surface area contributed by atoms with Gasteiger partial charge in [0.25, 0.3) is 0 Å². The van der Waals surface area contributed by atoms with Gasteiger partial charge in [0.05, 0.1) is 0 Å². The normalized spacial score (nSPS) is 12.1. The van der Waals surface area contributed by atoms with Crippen LogP contribution in [0.3, 0.4) is 0 Å². The van der Waals surface area contributed by atoms with Crippen molar-refractivity contribution in [1.82, 2.24) is 0 Å². The van der Waals surface area contributed by atoms with Gasteiger partial charge in [0.2, 0.25) is 0 Å². The molecule has 38 valence electrons. The Bertz CT molecular complexity index is 129. The molecule has 0 aromatic heterocycles. The molecule has 0 fully saturated rings. The molecule has 7 heavy (non-hydrogen) atoms. The summed E-state index contributed by atoms with van der Waals surface area (Å²) in [7, 11) is 0. The zero-order chi connectivity index (χ0) is 5.86. The summed E-state index contributed by atoms with van der Waals surface area (Å²) in [5.74, 6) is -0.135. The van der Waals surface area contributed by atoms with Gasteiger partial charge in [0.1, 0.15) is 11.8 Å². The van der Waals surface area contributed by atoms with E-state index in [1.54, 1.807) is 6.07 Å². The molecule has 0 radical (unpaired) electrons. The van der Waals surface area contributed by atoms with E-state index in [-0.39, 0.29) is 10.8 Å². The van der Waals surface area contributed by atoms with Crippen molar-refractivity contribution < 1.29 is 5.11 Å². The number of nitrogens with zero attached hydrogens (tertiary/aromatic N) is 1. The van der Waals surface area contributed by atoms with Gasteiger partial charge in [-0.25, -0.2) is 0 Å². The van der Waals surface area contributed by atoms with Crippen LogP contribution in [0.1, 0.15) is 6.92 Å². The molecule has 0 aromatic rings. The predicted molar refractivity (Wildman–Crippen MR) is 26.8 cm³/mol. The van der Waals surface area contributed by atoms with Gasteiger partial charge in [-0.3, -0.25) is 0 Å². The first-order valence-electron chi connectivity index (χ1n) is 1.64. The maximum Gasteiger partial charge on any atom is 0.155 e. The van der Waals surface area contributed by atoms with E-state index in [1.807, 2.05) is 0 Å². The molecule has 0 bridgehead atoms. The molecule has 3 heteroatoms. The summed E-state index contributed by atoms with van der Waals surface area (Å²) in [6.07, 6.45) is 0. The van der Waals surface area contributed by atoms with Crippen LogP contribution in [0.4, 0.5) is 0 Å². The molecule has 0 heterocycles. The number of aliphatic hydroxyl groups is 1. The highest BCUT2D eigenvalue weighted by Gasteiger charge is 1.89. The first-order chi connectivity index (χ1) is 3.18. The quantitative estimate of drug-likeness (QED) is 0.386. The van der Waals surface area contributed by atoms with E-state index in [0.717, 1.165) is 0 Å². The summed E-state index contributed by atoms with van der Waals surface area (Å²) in [5.41, 5.74) is 0. The Morgan fingerprint density at radius 3 is 2.29 bits per heavy atom. The molecule has 0 aliphatic heterocycles. The summed E-state index contributed by atoms with van der Waals surface area (Å²) in [6, 6.07) is 1.56. The highest BCUT2D eigenvalue weighted by molar-refractivity contribution is 6.32. The maximum atomic E-state index is 8.35. The minimum Gasteiger partial charge on any atom is -0.510 e. The molecule has 0 spiro atoms. The van der Waals surface area contributed by atoms with E-state index in [2.05, 4.69) is 0 Å². The van der Waals surface area contributed by atoms with E-state index >= 15 is 0 Å². The third-order valence-electron chi connectivity index (χ3n) is 0.416. The fourth-order valence-electron chi connectivity index (χ4n) is 0.0809. The topological polar surface area (TPSA) is 44.0 Å². The minimum absolute atomic E-state index is 0.135. The molecule has 0 aliphatic rings. The Morgan fingerprint density at radius 2 is 2.29 bits per heavy atom. The fourth-order valence-corrected chi connectivity index (χ4v) is 0.0809. The van der Waals surface area contributed by atoms with E-state index < -0.39 is 0 Å². The molecular formula is C4H4ClNO. The Hall–Kier alpha value is -0.680. The molecule has 0 saturated carbocycles. The first kappa shape index (κ1) is 6.32. The van der Waals surface area contributed by atoms with Crippen molar-refractivity contribution >= 4 is 11.6 Å². The van der Waals surface area contributed by atoms with E-state index in [9.17, 15) is 0 Å². The molecule has 2 nitrogen and oxygen atoms in total. The van der Waals surface area contributed by atoms with Crippen LogP contribution in [0.5, 0.6) is 0 Å². The van der Waals surface area contributed by atoms with Crippen LogP contribution in [-0.2, 0) is 0 Å². The van der Waals surface area contributed by atoms with Gasteiger partial charge in [-0.05, 0) is 6.92 Å². The number of rotatable bonds is 0. The summed E-state index contributed by atoms with van der Waals surface area (Å²) < 4.78 is 0. The largest absolute Gasteiger partial charge is 0.510 e. The van der Waals surface area contributed by atoms with Gasteiger partial charge in [0.15, 0.2) is 5.03 Å². The van der Waals surface area contributed by atoms with Gasteiger partial charge in [0, 0.05) is 0 Å². The van der Waals surface area contributed by atoms with Gasteiger partial charge >= 0.3 is 0 Å². The Balaban J connectivity index is 4.07. The number of aliphatic hydroxyl groups excluding tert-OH is 1. The molecule has 0 aliphatic carbocycles. The standard InChI is InChI=1S/C4H4ClNO/c1-3(7)4(5)2-6/h7H,1H3/b4-3+. The van der Waals surface area contributed by atoms with Crippen LogP contribution < -0.4 is 0 Å². The summed E-state index contributed by atoms with van der Waals surface area (Å²) in [6.45, 7) is 1.35. The number of allylic oxidation sites excluding steroid dienone is 2. The number of halogens is 1. The zero-order valence-electron chi connectivity index (χ0n) is 3.77. The first-order valence-corrected chi connectivity index (χ1v) is 2.01. The van der Waals surface area contributed by atoms with Crippen molar-refractivity contribution in [2.24, 2.45) is 0 Å². The Morgan fingerprint density at radius 1 is 1.86 bits per heavy atom. The van der Waals surface area contributed by atoms with Gasteiger partial charge in [-0.15, -0.1) is 0 Å². The van der Waals surface area contributed by atoms with Crippen molar-refractivity contribution in [3.05, 3.63) is 10.8 Å². The van der Waals surface area contributed by atoms with Crippen LogP contribution >= 0.6 is 11.6 Å². The molecular weight excluding hydrogens is 114 g/mol. The van der Waals surface area contributed by atoms with E-state index in [0.29, 0.717) is 0 Å². The van der Waals surface area contributed by atoms with E-state index in [4.69, 9.17) is 22.0 Å².